The van der Waals surface area contributed by atoms with E-state index in [-0.39, 0.29) is 38.6 Å². The van der Waals surface area contributed by atoms with Gasteiger partial charge in [-0.05, 0) is 64.7 Å². The first-order valence-corrected chi connectivity index (χ1v) is 27.4. The minimum Gasteiger partial charge on any atom is -0.497 e. The molecule has 16 heteroatoms. The molecule has 2 fully saturated rings. The first-order valence-electron chi connectivity index (χ1n) is 24.5. The maximum absolute atomic E-state index is 14.5. The summed E-state index contributed by atoms with van der Waals surface area (Å²) in [5.74, 6) is -1.60. The fraction of sp³-hybridized carbons (Fsp3) is 0.421. The van der Waals surface area contributed by atoms with Crippen molar-refractivity contribution in [2.75, 3.05) is 20.8 Å². The summed E-state index contributed by atoms with van der Waals surface area (Å²) >= 11 is 0. The molecule has 15 nitrogen and oxygen atoms in total. The van der Waals surface area contributed by atoms with E-state index in [1.165, 1.54) is 14.0 Å². The number of esters is 3. The molecule has 5 aromatic carbocycles. The Bertz CT molecular complexity index is 2470. The number of methoxy groups -OCH3 is 2. The van der Waals surface area contributed by atoms with E-state index in [9.17, 15) is 14.4 Å². The number of hydrogen-bond acceptors (Lipinski definition) is 15. The highest BCUT2D eigenvalue weighted by Crippen LogP contribution is 2.42. The van der Waals surface area contributed by atoms with Gasteiger partial charge in [-0.25, -0.2) is 9.59 Å². The summed E-state index contributed by atoms with van der Waals surface area (Å²) in [6.45, 7) is 11.8. The molecule has 0 amide bonds. The Labute approximate surface area is 429 Å². The molecule has 0 saturated carbocycles. The van der Waals surface area contributed by atoms with E-state index in [1.54, 1.807) is 49.6 Å². The quantitative estimate of drug-likeness (QED) is 0.0366. The van der Waals surface area contributed by atoms with Gasteiger partial charge in [0, 0.05) is 6.92 Å². The number of ether oxygens (including phenoxy) is 11. The molecule has 0 radical (unpaired) electrons. The van der Waals surface area contributed by atoms with Crippen LogP contribution in [0.15, 0.2) is 146 Å². The third-order valence-electron chi connectivity index (χ3n) is 13.1. The molecular weight excluding hydrogens is 953 g/mol. The second-order valence-electron chi connectivity index (χ2n) is 19.4. The molecule has 0 aromatic heterocycles. The van der Waals surface area contributed by atoms with Gasteiger partial charge < -0.3 is 56.5 Å². The Morgan fingerprint density at radius 3 is 1.60 bits per heavy atom. The van der Waals surface area contributed by atoms with E-state index in [0.717, 1.165) is 22.3 Å². The standard InChI is InChI=1S/C57H68O15Si/c1-38(58)67-48-49(72-73(7,8)57(2,3)4)52(55(70-50(48)54(60)62-6)66-36-42-29-31-44(61-5)32-30-42)71-56-51(69-53(59)43-27-19-12-20-28-43)47(65-35-41-25-17-11-18-26-41)46(64-34-40-23-15-10-16-24-40)45(68-56)37-63-33-39-21-13-9-14-22-39/h9-32,45-52,55-56H,33-37H2,1-8H3/t45-,46+,47+,48+,49+,50+,51-,52-,55-,56+/m1/s1. The number of carbonyl (C=O) groups excluding carboxylic acids is 3. The largest absolute Gasteiger partial charge is 0.497 e. The lowest BCUT2D eigenvalue weighted by atomic mass is 9.96. The van der Waals surface area contributed by atoms with Gasteiger partial charge in [0.25, 0.3) is 0 Å². The minimum absolute atomic E-state index is 0.0261. The van der Waals surface area contributed by atoms with Crippen LogP contribution in [0.1, 0.15) is 60.3 Å². The van der Waals surface area contributed by atoms with Gasteiger partial charge >= 0.3 is 17.9 Å². The highest BCUT2D eigenvalue weighted by molar-refractivity contribution is 6.74. The summed E-state index contributed by atoms with van der Waals surface area (Å²) < 4.78 is 78.1. The Hall–Kier alpha value is -5.79. The van der Waals surface area contributed by atoms with Crippen molar-refractivity contribution in [3.05, 3.63) is 173 Å². The molecule has 2 aliphatic heterocycles. The first-order chi connectivity index (χ1) is 35.1. The second-order valence-corrected chi connectivity index (χ2v) is 24.2. The van der Waals surface area contributed by atoms with Crippen LogP contribution in [0, 0.1) is 0 Å². The first kappa shape index (κ1) is 55.0. The van der Waals surface area contributed by atoms with Gasteiger partial charge in [-0.2, -0.15) is 0 Å². The molecule has 0 spiro atoms. The summed E-state index contributed by atoms with van der Waals surface area (Å²) in [6, 6.07) is 44.7. The predicted octanol–water partition coefficient (Wildman–Crippen LogP) is 9.16. The molecule has 7 rings (SSSR count). The fourth-order valence-corrected chi connectivity index (χ4v) is 9.53. The van der Waals surface area contributed by atoms with Crippen LogP contribution in [-0.4, -0.2) is 108 Å². The summed E-state index contributed by atoms with van der Waals surface area (Å²) in [4.78, 5) is 41.4. The van der Waals surface area contributed by atoms with Crippen molar-refractivity contribution in [2.45, 2.75) is 134 Å². The number of carbonyl (C=O) groups is 3. The molecule has 2 saturated heterocycles. The molecule has 0 unspecified atom stereocenters. The second kappa shape index (κ2) is 25.9. The van der Waals surface area contributed by atoms with Crippen molar-refractivity contribution in [1.29, 1.82) is 0 Å². The van der Waals surface area contributed by atoms with Gasteiger partial charge in [0.2, 0.25) is 0 Å². The molecule has 0 bridgehead atoms. The molecule has 73 heavy (non-hydrogen) atoms. The Morgan fingerprint density at radius 1 is 0.548 bits per heavy atom. The smallest absolute Gasteiger partial charge is 0.339 e. The molecule has 2 aliphatic rings. The lowest BCUT2D eigenvalue weighted by Gasteiger charge is -2.51. The average Bonchev–Trinajstić information content (AvgIpc) is 3.39. The normalized spacial score (nSPS) is 24.3. The van der Waals surface area contributed by atoms with Gasteiger partial charge in [0.15, 0.2) is 39.2 Å². The van der Waals surface area contributed by atoms with Crippen LogP contribution < -0.4 is 4.74 Å². The Morgan fingerprint density at radius 2 is 1.07 bits per heavy atom. The zero-order valence-electron chi connectivity index (χ0n) is 42.8. The van der Waals surface area contributed by atoms with E-state index >= 15 is 0 Å². The van der Waals surface area contributed by atoms with Crippen LogP contribution in [0.5, 0.6) is 5.75 Å². The molecule has 2 heterocycles. The van der Waals surface area contributed by atoms with Gasteiger partial charge in [0.05, 0.1) is 52.8 Å². The molecule has 5 aromatic rings. The topological polar surface area (TPSA) is 162 Å². The summed E-state index contributed by atoms with van der Waals surface area (Å²) in [6.07, 6.45) is -12.8. The highest BCUT2D eigenvalue weighted by Gasteiger charge is 2.59. The van der Waals surface area contributed by atoms with Crippen LogP contribution in [-0.2, 0) is 87.8 Å². The SMILES string of the molecule is COC(=O)[C@H]1O[C@@H](OCc2ccc(OC)cc2)[C@H](O[C@@H]2O[C@H](COCc3ccccc3)[C@H](OCc3ccccc3)[C@H](OCc3ccccc3)[C@H]2OC(=O)c2ccccc2)[C@@H](O[Si](C)(C)C(C)(C)C)[C@@H]1OC(C)=O. The Balaban J connectivity index is 1.37. The van der Waals surface area contributed by atoms with Crippen LogP contribution in [0.4, 0.5) is 0 Å². The highest BCUT2D eigenvalue weighted by atomic mass is 28.4. The zero-order chi connectivity index (χ0) is 52.0. The van der Waals surface area contributed by atoms with Gasteiger partial charge in [-0.15, -0.1) is 0 Å². The minimum atomic E-state index is -2.90. The molecule has 0 N–H and O–H groups in total. The van der Waals surface area contributed by atoms with Gasteiger partial charge in [-0.3, -0.25) is 4.79 Å². The van der Waals surface area contributed by atoms with Crippen molar-refractivity contribution in [1.82, 2.24) is 0 Å². The number of hydrogen-bond donors (Lipinski definition) is 0. The fourth-order valence-electron chi connectivity index (χ4n) is 8.23. The van der Waals surface area contributed by atoms with Gasteiger partial charge in [-0.1, -0.05) is 142 Å². The van der Waals surface area contributed by atoms with E-state index < -0.39 is 92.7 Å². The van der Waals surface area contributed by atoms with Crippen molar-refractivity contribution < 1.29 is 70.9 Å². The number of rotatable bonds is 22. The molecule has 390 valence electrons. The van der Waals surface area contributed by atoms with Crippen LogP contribution in [0.2, 0.25) is 18.1 Å². The average molecular weight is 1020 g/mol. The lowest BCUT2D eigenvalue weighted by molar-refractivity contribution is -0.369. The Kier molecular flexibility index (Phi) is 19.5. The van der Waals surface area contributed by atoms with Gasteiger partial charge in [0.1, 0.15) is 36.3 Å². The van der Waals surface area contributed by atoms with Crippen molar-refractivity contribution >= 4 is 26.2 Å². The predicted molar refractivity (Wildman–Crippen MR) is 271 cm³/mol. The molecule has 10 atom stereocenters. The summed E-state index contributed by atoms with van der Waals surface area (Å²) in [5.41, 5.74) is 3.64. The maximum Gasteiger partial charge on any atom is 0.339 e. The third-order valence-corrected chi connectivity index (χ3v) is 17.6. The van der Waals surface area contributed by atoms with E-state index in [1.807, 2.05) is 116 Å². The monoisotopic (exact) mass is 1020 g/mol. The van der Waals surface area contributed by atoms with E-state index in [4.69, 9.17) is 56.5 Å². The maximum atomic E-state index is 14.5. The molecule has 0 aliphatic carbocycles. The van der Waals surface area contributed by atoms with Crippen LogP contribution >= 0.6 is 0 Å². The van der Waals surface area contributed by atoms with Crippen LogP contribution in [0.3, 0.4) is 0 Å². The van der Waals surface area contributed by atoms with Crippen molar-refractivity contribution in [3.8, 4) is 5.75 Å². The van der Waals surface area contributed by atoms with Crippen molar-refractivity contribution in [3.63, 3.8) is 0 Å². The summed E-state index contributed by atoms with van der Waals surface area (Å²) in [5, 5.41) is -0.410. The lowest BCUT2D eigenvalue weighted by Crippen LogP contribution is -2.68. The van der Waals surface area contributed by atoms with E-state index in [0.29, 0.717) is 5.75 Å². The summed E-state index contributed by atoms with van der Waals surface area (Å²) in [7, 11) is -0.116. The number of benzene rings is 5. The molecular formula is C57H68O15Si. The third kappa shape index (κ3) is 14.9. The van der Waals surface area contributed by atoms with E-state index in [2.05, 4.69) is 20.8 Å². The zero-order valence-corrected chi connectivity index (χ0v) is 43.8. The van der Waals surface area contributed by atoms with Crippen molar-refractivity contribution in [2.24, 2.45) is 0 Å². The van der Waals surface area contributed by atoms with Crippen LogP contribution in [0.25, 0.3) is 0 Å².